The summed E-state index contributed by atoms with van der Waals surface area (Å²) in [7, 11) is 0. The summed E-state index contributed by atoms with van der Waals surface area (Å²) in [5, 5.41) is 6.11. The van der Waals surface area contributed by atoms with E-state index in [0.29, 0.717) is 5.92 Å². The van der Waals surface area contributed by atoms with Crippen LogP contribution in [0.25, 0.3) is 10.8 Å². The summed E-state index contributed by atoms with van der Waals surface area (Å²) in [4.78, 5) is 0. The predicted molar refractivity (Wildman–Crippen MR) is 90.9 cm³/mol. The molecule has 2 heteroatoms. The summed E-state index contributed by atoms with van der Waals surface area (Å²) < 4.78 is 6.12. The molecule has 1 unspecified atom stereocenters. The highest BCUT2D eigenvalue weighted by Crippen LogP contribution is 2.29. The summed E-state index contributed by atoms with van der Waals surface area (Å²) >= 11 is 0. The van der Waals surface area contributed by atoms with Crippen molar-refractivity contribution in [1.82, 2.24) is 5.32 Å². The van der Waals surface area contributed by atoms with Crippen LogP contribution in [0.15, 0.2) is 36.4 Å². The fraction of sp³-hybridized carbons (Fsp3) is 0.474. The smallest absolute Gasteiger partial charge is 0.124 e. The van der Waals surface area contributed by atoms with Crippen LogP contribution in [0.2, 0.25) is 0 Å². The van der Waals surface area contributed by atoms with Crippen LogP contribution in [0.3, 0.4) is 0 Å². The average Bonchev–Trinajstić information content (AvgIpc) is 2.48. The van der Waals surface area contributed by atoms with E-state index in [-0.39, 0.29) is 6.10 Å². The van der Waals surface area contributed by atoms with Crippen LogP contribution in [0.4, 0.5) is 0 Å². The summed E-state index contributed by atoms with van der Waals surface area (Å²) in [5.41, 5.74) is 1.27. The van der Waals surface area contributed by atoms with Crippen molar-refractivity contribution < 1.29 is 4.74 Å². The lowest BCUT2D eigenvalue weighted by Crippen LogP contribution is -2.20. The Morgan fingerprint density at radius 2 is 1.81 bits per heavy atom. The van der Waals surface area contributed by atoms with Crippen LogP contribution in [0, 0.1) is 5.92 Å². The Kier molecular flexibility index (Phi) is 5.63. The number of ether oxygens (including phenoxy) is 1. The molecule has 0 fully saturated rings. The van der Waals surface area contributed by atoms with Gasteiger partial charge in [0.1, 0.15) is 5.75 Å². The lowest BCUT2D eigenvalue weighted by Gasteiger charge is -2.19. The van der Waals surface area contributed by atoms with Gasteiger partial charge in [0.25, 0.3) is 0 Å². The first kappa shape index (κ1) is 15.8. The molecule has 114 valence electrons. The quantitative estimate of drug-likeness (QED) is 0.791. The minimum atomic E-state index is 0.245. The lowest BCUT2D eigenvalue weighted by atomic mass is 10.0. The number of benzene rings is 2. The van der Waals surface area contributed by atoms with E-state index in [1.54, 1.807) is 0 Å². The van der Waals surface area contributed by atoms with Gasteiger partial charge in [0, 0.05) is 12.1 Å². The maximum absolute atomic E-state index is 6.12. The zero-order valence-electron chi connectivity index (χ0n) is 13.6. The van der Waals surface area contributed by atoms with Crippen molar-refractivity contribution in [3.63, 3.8) is 0 Å². The van der Waals surface area contributed by atoms with Gasteiger partial charge in [0.15, 0.2) is 0 Å². The Labute approximate surface area is 128 Å². The molecular formula is C19H27NO. The fourth-order valence-electron chi connectivity index (χ4n) is 2.39. The average molecular weight is 285 g/mol. The Balaban J connectivity index is 2.32. The molecule has 0 aliphatic rings. The highest BCUT2D eigenvalue weighted by Gasteiger charge is 2.11. The molecular weight excluding hydrogens is 258 g/mol. The lowest BCUT2D eigenvalue weighted by molar-refractivity contribution is 0.215. The molecule has 0 saturated heterocycles. The molecule has 0 aliphatic heterocycles. The van der Waals surface area contributed by atoms with Crippen LogP contribution >= 0.6 is 0 Å². The largest absolute Gasteiger partial charge is 0.490 e. The van der Waals surface area contributed by atoms with Gasteiger partial charge >= 0.3 is 0 Å². The van der Waals surface area contributed by atoms with E-state index in [0.717, 1.165) is 25.3 Å². The zero-order chi connectivity index (χ0) is 15.2. The molecule has 1 atom stereocenters. The van der Waals surface area contributed by atoms with Gasteiger partial charge in [0.05, 0.1) is 6.10 Å². The summed E-state index contributed by atoms with van der Waals surface area (Å²) in [6.07, 6.45) is 1.26. The van der Waals surface area contributed by atoms with Gasteiger partial charge in [-0.05, 0) is 42.6 Å². The van der Waals surface area contributed by atoms with Gasteiger partial charge in [0.2, 0.25) is 0 Å². The van der Waals surface area contributed by atoms with Crippen molar-refractivity contribution in [3.05, 3.63) is 42.0 Å². The van der Waals surface area contributed by atoms with E-state index in [1.807, 2.05) is 0 Å². The Bertz CT molecular complexity index is 577. The van der Waals surface area contributed by atoms with E-state index >= 15 is 0 Å². The topological polar surface area (TPSA) is 21.3 Å². The van der Waals surface area contributed by atoms with Crippen LogP contribution in [0.5, 0.6) is 5.75 Å². The first-order chi connectivity index (χ1) is 10.1. The molecule has 0 aliphatic carbocycles. The van der Waals surface area contributed by atoms with Crippen molar-refractivity contribution in [2.24, 2.45) is 5.92 Å². The maximum atomic E-state index is 6.12. The van der Waals surface area contributed by atoms with Crippen molar-refractivity contribution in [3.8, 4) is 5.75 Å². The minimum Gasteiger partial charge on any atom is -0.490 e. The second kappa shape index (κ2) is 7.46. The van der Waals surface area contributed by atoms with E-state index in [2.05, 4.69) is 69.4 Å². The molecule has 0 radical (unpaired) electrons. The third-order valence-corrected chi connectivity index (χ3v) is 3.76. The van der Waals surface area contributed by atoms with E-state index in [9.17, 15) is 0 Å². The molecule has 2 aromatic rings. The molecule has 0 saturated carbocycles. The van der Waals surface area contributed by atoms with Gasteiger partial charge in [-0.3, -0.25) is 0 Å². The second-order valence-electron chi connectivity index (χ2n) is 6.12. The highest BCUT2D eigenvalue weighted by atomic mass is 16.5. The number of fused-ring (bicyclic) bond motifs is 1. The van der Waals surface area contributed by atoms with Gasteiger partial charge < -0.3 is 10.1 Å². The SMILES string of the molecule is CCC(C)Oc1ccc2ccccc2c1CNCC(C)C. The predicted octanol–water partition coefficient (Wildman–Crippen LogP) is 4.76. The third-order valence-electron chi connectivity index (χ3n) is 3.76. The van der Waals surface area contributed by atoms with E-state index < -0.39 is 0 Å². The molecule has 2 nitrogen and oxygen atoms in total. The molecule has 0 spiro atoms. The van der Waals surface area contributed by atoms with Crippen LogP contribution in [-0.4, -0.2) is 12.6 Å². The fourth-order valence-corrected chi connectivity index (χ4v) is 2.39. The molecule has 0 amide bonds. The van der Waals surface area contributed by atoms with Gasteiger partial charge in [-0.15, -0.1) is 0 Å². The van der Waals surface area contributed by atoms with E-state index in [1.165, 1.54) is 16.3 Å². The molecule has 2 aromatic carbocycles. The summed E-state index contributed by atoms with van der Waals surface area (Å²) in [6, 6.07) is 12.8. The Morgan fingerprint density at radius 1 is 1.05 bits per heavy atom. The Hall–Kier alpha value is -1.54. The number of nitrogens with one attached hydrogen (secondary N) is 1. The van der Waals surface area contributed by atoms with Gasteiger partial charge in [-0.2, -0.15) is 0 Å². The summed E-state index contributed by atoms with van der Waals surface area (Å²) in [6.45, 7) is 10.6. The number of hydrogen-bond acceptors (Lipinski definition) is 2. The molecule has 21 heavy (non-hydrogen) atoms. The Morgan fingerprint density at radius 3 is 2.52 bits per heavy atom. The van der Waals surface area contributed by atoms with E-state index in [4.69, 9.17) is 4.74 Å². The van der Waals surface area contributed by atoms with Crippen molar-refractivity contribution in [1.29, 1.82) is 0 Å². The van der Waals surface area contributed by atoms with Crippen LogP contribution < -0.4 is 10.1 Å². The van der Waals surface area contributed by atoms with Crippen molar-refractivity contribution in [2.75, 3.05) is 6.54 Å². The van der Waals surface area contributed by atoms with Crippen molar-refractivity contribution in [2.45, 2.75) is 46.8 Å². The first-order valence-corrected chi connectivity index (χ1v) is 7.99. The van der Waals surface area contributed by atoms with Gasteiger partial charge in [-0.25, -0.2) is 0 Å². The van der Waals surface area contributed by atoms with Crippen LogP contribution in [0.1, 0.15) is 39.7 Å². The normalized spacial score (nSPS) is 12.8. The zero-order valence-corrected chi connectivity index (χ0v) is 13.6. The molecule has 0 bridgehead atoms. The molecule has 0 aromatic heterocycles. The number of hydrogen-bond donors (Lipinski definition) is 1. The third kappa shape index (κ3) is 4.21. The first-order valence-electron chi connectivity index (χ1n) is 7.99. The summed E-state index contributed by atoms with van der Waals surface area (Å²) in [5.74, 6) is 1.67. The second-order valence-corrected chi connectivity index (χ2v) is 6.12. The van der Waals surface area contributed by atoms with Gasteiger partial charge in [-0.1, -0.05) is 51.1 Å². The molecule has 2 rings (SSSR count). The highest BCUT2D eigenvalue weighted by molar-refractivity contribution is 5.87. The van der Waals surface area contributed by atoms with Crippen molar-refractivity contribution >= 4 is 10.8 Å². The monoisotopic (exact) mass is 285 g/mol. The standard InChI is InChI=1S/C19H27NO/c1-5-15(4)21-19-11-10-16-8-6-7-9-17(16)18(19)13-20-12-14(2)3/h6-11,14-15,20H,5,12-13H2,1-4H3. The minimum absolute atomic E-state index is 0.245. The molecule has 0 heterocycles. The number of rotatable bonds is 7. The van der Waals surface area contributed by atoms with Crippen LogP contribution in [-0.2, 0) is 6.54 Å². The molecule has 1 N–H and O–H groups in total. The maximum Gasteiger partial charge on any atom is 0.124 e.